The van der Waals surface area contributed by atoms with E-state index >= 15 is 0 Å². The van der Waals surface area contributed by atoms with Gasteiger partial charge in [0.1, 0.15) is 0 Å². The zero-order valence-corrected chi connectivity index (χ0v) is 20.0. The van der Waals surface area contributed by atoms with Gasteiger partial charge in [-0.2, -0.15) is 0 Å². The van der Waals surface area contributed by atoms with Gasteiger partial charge in [-0.25, -0.2) is 0 Å². The Labute approximate surface area is 185 Å². The predicted molar refractivity (Wildman–Crippen MR) is 123 cm³/mol. The van der Waals surface area contributed by atoms with Gasteiger partial charge < -0.3 is 9.47 Å². The molecule has 0 N–H and O–H groups in total. The molecule has 0 aromatic carbocycles. The van der Waals surface area contributed by atoms with Crippen LogP contribution < -0.4 is 0 Å². The van der Waals surface area contributed by atoms with Crippen LogP contribution in [0.15, 0.2) is 0 Å². The van der Waals surface area contributed by atoms with Gasteiger partial charge in [-0.05, 0) is 32.1 Å². The van der Waals surface area contributed by atoms with Crippen LogP contribution in [0.25, 0.3) is 0 Å². The number of hydrogen-bond acceptors (Lipinski definition) is 4. The molecule has 0 atom stereocenters. The number of carbonyl (C=O) groups is 2. The molecule has 1 rings (SSSR count). The monoisotopic (exact) mass is 424 g/mol. The lowest BCUT2D eigenvalue weighted by Crippen LogP contribution is -2.47. The molecule has 0 saturated heterocycles. The summed E-state index contributed by atoms with van der Waals surface area (Å²) in [6.45, 7) is 5.33. The molecule has 0 amide bonds. The van der Waals surface area contributed by atoms with Gasteiger partial charge in [0.25, 0.3) is 0 Å². The van der Waals surface area contributed by atoms with Crippen LogP contribution in [-0.2, 0) is 19.1 Å². The van der Waals surface area contributed by atoms with Crippen LogP contribution in [0, 0.1) is 5.41 Å². The highest BCUT2D eigenvalue weighted by atomic mass is 16.6. The van der Waals surface area contributed by atoms with Crippen molar-refractivity contribution < 1.29 is 19.1 Å². The Balaban J connectivity index is 2.09. The molecule has 4 nitrogen and oxygen atoms in total. The van der Waals surface area contributed by atoms with Crippen molar-refractivity contribution in [1.82, 2.24) is 0 Å². The lowest BCUT2D eigenvalue weighted by atomic mass is 9.69. The summed E-state index contributed by atoms with van der Waals surface area (Å²) in [6, 6.07) is 0. The maximum atomic E-state index is 12.5. The number of esters is 2. The van der Waals surface area contributed by atoms with E-state index in [1.54, 1.807) is 0 Å². The van der Waals surface area contributed by atoms with E-state index in [-0.39, 0.29) is 11.9 Å². The van der Waals surface area contributed by atoms with Gasteiger partial charge in [0.2, 0.25) is 0 Å². The maximum Gasteiger partial charge on any atom is 0.323 e. The lowest BCUT2D eigenvalue weighted by molar-refractivity contribution is -0.179. The van der Waals surface area contributed by atoms with Crippen LogP contribution in [0.4, 0.5) is 0 Å². The highest BCUT2D eigenvalue weighted by molar-refractivity contribution is 6.01. The van der Waals surface area contributed by atoms with Gasteiger partial charge in [-0.1, -0.05) is 104 Å². The Bertz CT molecular complexity index is 406. The summed E-state index contributed by atoms with van der Waals surface area (Å²) in [5.74, 6) is -0.699. The SMILES string of the molecule is CCCCCCCCCCOC(=O)C1(C(=O)OCCCCCCCCCC)CCC1. The molecule has 1 saturated carbocycles. The summed E-state index contributed by atoms with van der Waals surface area (Å²) >= 11 is 0. The van der Waals surface area contributed by atoms with Crippen molar-refractivity contribution in [3.63, 3.8) is 0 Å². The van der Waals surface area contributed by atoms with Crippen molar-refractivity contribution in [2.45, 2.75) is 136 Å². The minimum atomic E-state index is -1.000. The molecule has 0 radical (unpaired) electrons. The fourth-order valence-corrected chi connectivity index (χ4v) is 4.10. The van der Waals surface area contributed by atoms with Gasteiger partial charge in [0.15, 0.2) is 5.41 Å². The molecule has 1 fully saturated rings. The van der Waals surface area contributed by atoms with E-state index in [4.69, 9.17) is 9.47 Å². The second kappa shape index (κ2) is 17.6. The van der Waals surface area contributed by atoms with E-state index < -0.39 is 5.41 Å². The number of unbranched alkanes of at least 4 members (excludes halogenated alkanes) is 14. The number of hydrogen-bond donors (Lipinski definition) is 0. The van der Waals surface area contributed by atoms with Crippen LogP contribution >= 0.6 is 0 Å². The predicted octanol–water partition coefficient (Wildman–Crippen LogP) is 7.52. The Kier molecular flexibility index (Phi) is 15.8. The van der Waals surface area contributed by atoms with Crippen LogP contribution in [0.3, 0.4) is 0 Å². The molecule has 0 spiro atoms. The van der Waals surface area contributed by atoms with Gasteiger partial charge in [-0.15, -0.1) is 0 Å². The minimum Gasteiger partial charge on any atom is -0.465 e. The average Bonchev–Trinajstić information content (AvgIpc) is 2.70. The molecular formula is C26H48O4. The van der Waals surface area contributed by atoms with Crippen molar-refractivity contribution in [2.75, 3.05) is 13.2 Å². The molecule has 0 bridgehead atoms. The van der Waals surface area contributed by atoms with E-state index in [0.29, 0.717) is 26.1 Å². The van der Waals surface area contributed by atoms with Crippen molar-refractivity contribution in [3.8, 4) is 0 Å². The smallest absolute Gasteiger partial charge is 0.323 e. The Morgan fingerprint density at radius 1 is 0.567 bits per heavy atom. The number of rotatable bonds is 20. The van der Waals surface area contributed by atoms with Crippen molar-refractivity contribution >= 4 is 11.9 Å². The van der Waals surface area contributed by atoms with Gasteiger partial charge in [0, 0.05) is 0 Å². The first-order valence-corrected chi connectivity index (χ1v) is 13.0. The highest BCUT2D eigenvalue weighted by Crippen LogP contribution is 2.43. The van der Waals surface area contributed by atoms with Crippen LogP contribution in [0.5, 0.6) is 0 Å². The maximum absolute atomic E-state index is 12.5. The Morgan fingerprint density at radius 2 is 0.900 bits per heavy atom. The van der Waals surface area contributed by atoms with Crippen molar-refractivity contribution in [2.24, 2.45) is 5.41 Å². The molecule has 4 heteroatoms. The van der Waals surface area contributed by atoms with Gasteiger partial charge in [0.05, 0.1) is 13.2 Å². The molecule has 0 heterocycles. The third-order valence-electron chi connectivity index (χ3n) is 6.45. The summed E-state index contributed by atoms with van der Waals surface area (Å²) in [6.07, 6.45) is 21.5. The third-order valence-corrected chi connectivity index (χ3v) is 6.45. The van der Waals surface area contributed by atoms with E-state index in [0.717, 1.165) is 32.1 Å². The van der Waals surface area contributed by atoms with E-state index in [9.17, 15) is 9.59 Å². The van der Waals surface area contributed by atoms with Crippen LogP contribution in [0.2, 0.25) is 0 Å². The first-order chi connectivity index (χ1) is 14.7. The summed E-state index contributed by atoms with van der Waals surface area (Å²) in [4.78, 5) is 25.1. The number of carbonyl (C=O) groups excluding carboxylic acids is 2. The first-order valence-electron chi connectivity index (χ1n) is 13.0. The highest BCUT2D eigenvalue weighted by Gasteiger charge is 2.53. The normalized spacial score (nSPS) is 14.9. The second-order valence-electron chi connectivity index (χ2n) is 9.16. The molecule has 176 valence electrons. The fourth-order valence-electron chi connectivity index (χ4n) is 4.10. The van der Waals surface area contributed by atoms with Crippen LogP contribution in [0.1, 0.15) is 136 Å². The molecule has 0 aliphatic heterocycles. The molecule has 1 aliphatic rings. The lowest BCUT2D eigenvalue weighted by Gasteiger charge is -2.36. The fraction of sp³-hybridized carbons (Fsp3) is 0.923. The molecule has 0 unspecified atom stereocenters. The van der Waals surface area contributed by atoms with E-state index in [1.807, 2.05) is 0 Å². The average molecular weight is 425 g/mol. The zero-order valence-electron chi connectivity index (χ0n) is 20.0. The van der Waals surface area contributed by atoms with Crippen molar-refractivity contribution in [1.29, 1.82) is 0 Å². The van der Waals surface area contributed by atoms with E-state index in [2.05, 4.69) is 13.8 Å². The molecule has 30 heavy (non-hydrogen) atoms. The first kappa shape index (κ1) is 27.0. The summed E-state index contributed by atoms with van der Waals surface area (Å²) in [5, 5.41) is 0. The van der Waals surface area contributed by atoms with Gasteiger partial charge >= 0.3 is 11.9 Å². The third kappa shape index (κ3) is 10.8. The van der Waals surface area contributed by atoms with E-state index in [1.165, 1.54) is 77.0 Å². The molecule has 0 aromatic heterocycles. The summed E-state index contributed by atoms with van der Waals surface area (Å²) in [7, 11) is 0. The zero-order chi connectivity index (χ0) is 21.9. The quantitative estimate of drug-likeness (QED) is 0.115. The largest absolute Gasteiger partial charge is 0.465 e. The molecule has 1 aliphatic carbocycles. The Morgan fingerprint density at radius 3 is 1.20 bits per heavy atom. The van der Waals surface area contributed by atoms with Crippen molar-refractivity contribution in [3.05, 3.63) is 0 Å². The number of ether oxygens (including phenoxy) is 2. The molecular weight excluding hydrogens is 376 g/mol. The second-order valence-corrected chi connectivity index (χ2v) is 9.16. The minimum absolute atomic E-state index is 0.349. The molecule has 0 aromatic rings. The summed E-state index contributed by atoms with van der Waals surface area (Å²) < 4.78 is 10.9. The van der Waals surface area contributed by atoms with Gasteiger partial charge in [-0.3, -0.25) is 9.59 Å². The van der Waals surface area contributed by atoms with Crippen LogP contribution in [-0.4, -0.2) is 25.2 Å². The standard InChI is InChI=1S/C26H48O4/c1-3-5-7-9-11-13-15-17-22-29-24(27)26(20-19-21-26)25(28)30-23-18-16-14-12-10-8-6-4-2/h3-23H2,1-2H3. The topological polar surface area (TPSA) is 52.6 Å². The Hall–Kier alpha value is -1.06. The summed E-state index contributed by atoms with van der Waals surface area (Å²) in [5.41, 5.74) is -1.000.